The Morgan fingerprint density at radius 3 is 2.78 bits per heavy atom. The fourth-order valence-corrected chi connectivity index (χ4v) is 2.62. The number of rotatable bonds is 1. The third-order valence-electron chi connectivity index (χ3n) is 2.97. The average Bonchev–Trinajstić information content (AvgIpc) is 2.78. The van der Waals surface area contributed by atoms with Crippen LogP contribution in [0.2, 0.25) is 0 Å². The summed E-state index contributed by atoms with van der Waals surface area (Å²) in [6.45, 7) is 0.489. The van der Waals surface area contributed by atoms with E-state index >= 15 is 0 Å². The maximum Gasteiger partial charge on any atom is 0.209 e. The molecule has 1 heterocycles. The molecule has 1 atom stereocenters. The zero-order valence-corrected chi connectivity index (χ0v) is 11.7. The van der Waals surface area contributed by atoms with Gasteiger partial charge in [-0.25, -0.2) is 0 Å². The molecule has 1 aromatic carbocycles. The summed E-state index contributed by atoms with van der Waals surface area (Å²) in [7, 11) is 0. The molecule has 3 nitrogen and oxygen atoms in total. The fraction of sp³-hybridized carbons (Fsp3) is 0.214. The lowest BCUT2D eigenvalue weighted by Gasteiger charge is -2.22. The van der Waals surface area contributed by atoms with Crippen molar-refractivity contribution in [2.24, 2.45) is 0 Å². The van der Waals surface area contributed by atoms with E-state index in [4.69, 9.17) is 9.47 Å². The van der Waals surface area contributed by atoms with E-state index in [9.17, 15) is 4.79 Å². The zero-order valence-electron chi connectivity index (χ0n) is 9.51. The molecule has 18 heavy (non-hydrogen) atoms. The highest BCUT2D eigenvalue weighted by Crippen LogP contribution is 2.36. The van der Waals surface area contributed by atoms with Crippen molar-refractivity contribution in [3.8, 4) is 0 Å². The molecule has 92 valence electrons. The largest absolute Gasteiger partial charge is 0.340 e. The summed E-state index contributed by atoms with van der Waals surface area (Å²) in [6, 6.07) is 8.14. The van der Waals surface area contributed by atoms with Gasteiger partial charge in [-0.15, -0.1) is 0 Å². The maximum absolute atomic E-state index is 11.1. The average molecular weight is 354 g/mol. The highest BCUT2D eigenvalue weighted by atomic mass is 127. The van der Waals surface area contributed by atoms with Crippen LogP contribution < -0.4 is 0 Å². The minimum atomic E-state index is -0.861. The Labute approximate surface area is 119 Å². The van der Waals surface area contributed by atoms with Gasteiger partial charge in [0.2, 0.25) is 5.79 Å². The molecule has 3 rings (SSSR count). The predicted molar refractivity (Wildman–Crippen MR) is 75.0 cm³/mol. The van der Waals surface area contributed by atoms with Gasteiger partial charge in [-0.3, -0.25) is 4.79 Å². The second-order valence-electron chi connectivity index (χ2n) is 4.26. The van der Waals surface area contributed by atoms with Crippen molar-refractivity contribution < 1.29 is 14.3 Å². The molecule has 0 saturated carbocycles. The summed E-state index contributed by atoms with van der Waals surface area (Å²) in [6.07, 6.45) is 6.21. The first-order valence-electron chi connectivity index (χ1n) is 5.67. The smallest absolute Gasteiger partial charge is 0.209 e. The number of hydrogen-bond acceptors (Lipinski definition) is 3. The van der Waals surface area contributed by atoms with E-state index < -0.39 is 5.79 Å². The molecule has 1 unspecified atom stereocenters. The normalized spacial score (nSPS) is 24.9. The molecule has 0 N–H and O–H groups in total. The lowest BCUT2D eigenvalue weighted by Crippen LogP contribution is -2.27. The quantitative estimate of drug-likeness (QED) is 0.728. The number of ketones is 1. The van der Waals surface area contributed by atoms with Gasteiger partial charge in [-0.2, -0.15) is 0 Å². The molecule has 1 fully saturated rings. The molecule has 1 aromatic rings. The van der Waals surface area contributed by atoms with E-state index in [1.54, 1.807) is 12.2 Å². The minimum absolute atomic E-state index is 0.0365. The van der Waals surface area contributed by atoms with Crippen LogP contribution in [-0.2, 0) is 14.3 Å². The van der Waals surface area contributed by atoms with Gasteiger partial charge >= 0.3 is 0 Å². The Balaban J connectivity index is 1.82. The van der Waals surface area contributed by atoms with Crippen molar-refractivity contribution in [2.75, 3.05) is 6.61 Å². The van der Waals surface area contributed by atoms with Crippen LogP contribution in [0, 0.1) is 3.57 Å². The molecule has 0 bridgehead atoms. The van der Waals surface area contributed by atoms with Crippen LogP contribution in [-0.4, -0.2) is 18.2 Å². The van der Waals surface area contributed by atoms with Crippen molar-refractivity contribution >= 4 is 28.4 Å². The number of allylic oxidation sites excluding steroid dienone is 2. The van der Waals surface area contributed by atoms with E-state index in [2.05, 4.69) is 28.7 Å². The first kappa shape index (κ1) is 12.1. The van der Waals surface area contributed by atoms with E-state index in [1.807, 2.05) is 18.2 Å². The molecular formula is C14H11IO3. The molecular weight excluding hydrogens is 343 g/mol. The molecule has 2 aliphatic rings. The molecule has 0 amide bonds. The van der Waals surface area contributed by atoms with Crippen LogP contribution in [0.15, 0.2) is 48.6 Å². The van der Waals surface area contributed by atoms with Gasteiger partial charge in [-0.1, -0.05) is 12.1 Å². The highest BCUT2D eigenvalue weighted by Gasteiger charge is 2.39. The third kappa shape index (κ3) is 2.28. The van der Waals surface area contributed by atoms with Crippen LogP contribution in [0.1, 0.15) is 11.7 Å². The van der Waals surface area contributed by atoms with Gasteiger partial charge < -0.3 is 9.47 Å². The van der Waals surface area contributed by atoms with Gasteiger partial charge in [0.05, 0.1) is 6.61 Å². The van der Waals surface area contributed by atoms with Gasteiger partial charge in [-0.05, 0) is 64.6 Å². The standard InChI is InChI=1S/C14H11IO3/c15-11-3-1-2-10(8-11)13-9-17-14(18-13)6-4-12(16)5-7-14/h1-8,13H,9H2. The maximum atomic E-state index is 11.1. The Bertz CT molecular complexity index is 532. The monoisotopic (exact) mass is 354 g/mol. The Morgan fingerprint density at radius 1 is 1.28 bits per heavy atom. The molecule has 1 spiro atoms. The van der Waals surface area contributed by atoms with Crippen LogP contribution in [0.25, 0.3) is 0 Å². The van der Waals surface area contributed by atoms with Crippen LogP contribution in [0.5, 0.6) is 0 Å². The second kappa shape index (κ2) is 4.60. The first-order chi connectivity index (χ1) is 8.67. The van der Waals surface area contributed by atoms with Crippen LogP contribution in [0.4, 0.5) is 0 Å². The summed E-state index contributed by atoms with van der Waals surface area (Å²) in [4.78, 5) is 11.1. The van der Waals surface area contributed by atoms with Crippen LogP contribution in [0.3, 0.4) is 0 Å². The summed E-state index contributed by atoms with van der Waals surface area (Å²) >= 11 is 2.27. The predicted octanol–water partition coefficient (Wildman–Crippen LogP) is 2.77. The number of benzene rings is 1. The molecule has 1 saturated heterocycles. The van der Waals surface area contributed by atoms with Gasteiger partial charge in [0.25, 0.3) is 0 Å². The molecule has 1 aliphatic heterocycles. The topological polar surface area (TPSA) is 35.5 Å². The van der Waals surface area contributed by atoms with Crippen molar-refractivity contribution in [1.29, 1.82) is 0 Å². The number of carbonyl (C=O) groups is 1. The van der Waals surface area contributed by atoms with E-state index in [-0.39, 0.29) is 11.9 Å². The molecule has 0 aromatic heterocycles. The Kier molecular flexibility index (Phi) is 3.09. The van der Waals surface area contributed by atoms with Crippen molar-refractivity contribution in [1.82, 2.24) is 0 Å². The van der Waals surface area contributed by atoms with Crippen molar-refractivity contribution in [3.63, 3.8) is 0 Å². The zero-order chi connectivity index (χ0) is 12.6. The summed E-state index contributed by atoms with van der Waals surface area (Å²) in [5.41, 5.74) is 1.09. The van der Waals surface area contributed by atoms with Gasteiger partial charge in [0, 0.05) is 3.57 Å². The third-order valence-corrected chi connectivity index (χ3v) is 3.64. The summed E-state index contributed by atoms with van der Waals surface area (Å²) in [5, 5.41) is 0. The first-order valence-corrected chi connectivity index (χ1v) is 6.74. The number of carbonyl (C=O) groups excluding carboxylic acids is 1. The second-order valence-corrected chi connectivity index (χ2v) is 5.51. The highest BCUT2D eigenvalue weighted by molar-refractivity contribution is 14.1. The lowest BCUT2D eigenvalue weighted by atomic mass is 10.1. The fourth-order valence-electron chi connectivity index (χ4n) is 2.05. The van der Waals surface area contributed by atoms with Crippen molar-refractivity contribution in [2.45, 2.75) is 11.9 Å². The van der Waals surface area contributed by atoms with Gasteiger partial charge in [0.15, 0.2) is 5.78 Å². The number of halogens is 1. The SMILES string of the molecule is O=C1C=CC2(C=C1)OCC(c1cccc(I)c1)O2. The molecule has 4 heteroatoms. The Hall–Kier alpha value is -0.980. The Morgan fingerprint density at radius 2 is 2.06 bits per heavy atom. The summed E-state index contributed by atoms with van der Waals surface area (Å²) in [5.74, 6) is -0.898. The minimum Gasteiger partial charge on any atom is -0.340 e. The number of ether oxygens (including phenoxy) is 2. The van der Waals surface area contributed by atoms with Gasteiger partial charge in [0.1, 0.15) is 6.10 Å². The van der Waals surface area contributed by atoms with Crippen LogP contribution >= 0.6 is 22.6 Å². The van der Waals surface area contributed by atoms with E-state index in [0.717, 1.165) is 5.56 Å². The van der Waals surface area contributed by atoms with Crippen molar-refractivity contribution in [3.05, 3.63) is 57.7 Å². The summed E-state index contributed by atoms with van der Waals surface area (Å²) < 4.78 is 12.8. The van der Waals surface area contributed by atoms with E-state index in [0.29, 0.717) is 6.61 Å². The lowest BCUT2D eigenvalue weighted by molar-refractivity contribution is -0.113. The van der Waals surface area contributed by atoms with E-state index in [1.165, 1.54) is 15.7 Å². The molecule has 1 aliphatic carbocycles. The molecule has 0 radical (unpaired) electrons. The number of hydrogen-bond donors (Lipinski definition) is 0.